The molecule has 1 aliphatic heterocycles. The summed E-state index contributed by atoms with van der Waals surface area (Å²) in [7, 11) is 0. The number of hydrogen-bond acceptors (Lipinski definition) is 4. The lowest BCUT2D eigenvalue weighted by Gasteiger charge is -2.15. The highest BCUT2D eigenvalue weighted by Crippen LogP contribution is 2.19. The molecule has 0 bridgehead atoms. The molecule has 2 aromatic carbocycles. The second-order valence-electron chi connectivity index (χ2n) is 5.84. The highest BCUT2D eigenvalue weighted by atomic mass is 16.5. The molecule has 22 heavy (non-hydrogen) atoms. The quantitative estimate of drug-likeness (QED) is 0.714. The van der Waals surface area contributed by atoms with Crippen molar-refractivity contribution in [1.29, 1.82) is 0 Å². The summed E-state index contributed by atoms with van der Waals surface area (Å²) in [6.45, 7) is 3.98. The fourth-order valence-electron chi connectivity index (χ4n) is 2.86. The molecule has 0 aliphatic carbocycles. The highest BCUT2D eigenvalue weighted by molar-refractivity contribution is 5.60. The molecule has 0 amide bonds. The lowest BCUT2D eigenvalue weighted by atomic mass is 10.1. The van der Waals surface area contributed by atoms with Gasteiger partial charge in [0.2, 0.25) is 0 Å². The van der Waals surface area contributed by atoms with Gasteiger partial charge in [-0.25, -0.2) is 5.48 Å². The molecule has 0 unspecified atom stereocenters. The molecule has 0 atom stereocenters. The Bertz CT molecular complexity index is 574. The van der Waals surface area contributed by atoms with Gasteiger partial charge in [-0.05, 0) is 61.3 Å². The monoisotopic (exact) mass is 297 g/mol. The van der Waals surface area contributed by atoms with E-state index >= 15 is 0 Å². The summed E-state index contributed by atoms with van der Waals surface area (Å²) in [6, 6.07) is 16.7. The van der Waals surface area contributed by atoms with Crippen LogP contribution >= 0.6 is 0 Å². The van der Waals surface area contributed by atoms with Crippen LogP contribution in [0.4, 0.5) is 11.4 Å². The third-order valence-corrected chi connectivity index (χ3v) is 4.08. The number of anilines is 2. The van der Waals surface area contributed by atoms with Crippen LogP contribution in [0.15, 0.2) is 48.5 Å². The topological polar surface area (TPSA) is 47.5 Å². The number of hydrogen-bond donors (Lipinski definition) is 3. The molecule has 0 aromatic heterocycles. The Balaban J connectivity index is 1.58. The van der Waals surface area contributed by atoms with Crippen LogP contribution in [0.1, 0.15) is 24.0 Å². The summed E-state index contributed by atoms with van der Waals surface area (Å²) < 4.78 is 0. The highest BCUT2D eigenvalue weighted by Gasteiger charge is 2.11. The third kappa shape index (κ3) is 4.07. The van der Waals surface area contributed by atoms with Crippen molar-refractivity contribution in [3.8, 4) is 0 Å². The molecule has 1 fully saturated rings. The molecular weight excluding hydrogens is 274 g/mol. The first-order valence-corrected chi connectivity index (χ1v) is 7.88. The van der Waals surface area contributed by atoms with Gasteiger partial charge in [0.05, 0.1) is 0 Å². The number of nitrogens with one attached hydrogen (secondary N) is 2. The Morgan fingerprint density at radius 3 is 1.91 bits per heavy atom. The van der Waals surface area contributed by atoms with Gasteiger partial charge in [-0.3, -0.25) is 4.90 Å². The normalized spacial score (nSPS) is 15.1. The Hall–Kier alpha value is -1.88. The average molecular weight is 297 g/mol. The van der Waals surface area contributed by atoms with E-state index in [2.05, 4.69) is 40.0 Å². The van der Waals surface area contributed by atoms with Gasteiger partial charge in [-0.1, -0.05) is 24.3 Å². The second kappa shape index (κ2) is 7.40. The van der Waals surface area contributed by atoms with Gasteiger partial charge in [-0.15, -0.1) is 0 Å². The molecule has 4 heteroatoms. The molecule has 1 saturated heterocycles. The largest absolute Gasteiger partial charge is 0.356 e. The number of rotatable bonds is 6. The summed E-state index contributed by atoms with van der Waals surface area (Å²) in [5, 5.41) is 12.1. The van der Waals surface area contributed by atoms with E-state index in [-0.39, 0.29) is 0 Å². The van der Waals surface area contributed by atoms with E-state index < -0.39 is 0 Å². The molecule has 2 aromatic rings. The Kier molecular flexibility index (Phi) is 5.06. The van der Waals surface area contributed by atoms with Crippen molar-refractivity contribution in [1.82, 2.24) is 10.4 Å². The molecule has 3 N–H and O–H groups in total. The molecular formula is C18H23N3O. The average Bonchev–Trinajstić information content (AvgIpc) is 3.04. The van der Waals surface area contributed by atoms with E-state index in [9.17, 15) is 0 Å². The first-order valence-electron chi connectivity index (χ1n) is 7.88. The molecule has 116 valence electrons. The maximum Gasteiger partial charge on any atom is 0.0458 e. The van der Waals surface area contributed by atoms with Gasteiger partial charge in [0.15, 0.2) is 0 Å². The van der Waals surface area contributed by atoms with Crippen molar-refractivity contribution in [2.45, 2.75) is 25.9 Å². The lowest BCUT2D eigenvalue weighted by molar-refractivity contribution is 0.161. The van der Waals surface area contributed by atoms with Crippen LogP contribution in [0.2, 0.25) is 0 Å². The van der Waals surface area contributed by atoms with Crippen molar-refractivity contribution >= 4 is 11.4 Å². The fourth-order valence-corrected chi connectivity index (χ4v) is 2.86. The predicted molar refractivity (Wildman–Crippen MR) is 89.3 cm³/mol. The van der Waals surface area contributed by atoms with E-state index in [0.29, 0.717) is 6.54 Å². The summed E-state index contributed by atoms with van der Waals surface area (Å²) in [6.07, 6.45) is 2.67. The first kappa shape index (κ1) is 15.0. The first-order chi connectivity index (χ1) is 10.8. The number of hydroxylamine groups is 1. The zero-order valence-corrected chi connectivity index (χ0v) is 12.8. The van der Waals surface area contributed by atoms with Gasteiger partial charge < -0.3 is 10.5 Å². The molecule has 0 saturated carbocycles. The van der Waals surface area contributed by atoms with Gasteiger partial charge in [0.1, 0.15) is 0 Å². The standard InChI is InChI=1S/C18H23N3O/c22-19-13-15-3-7-17(8-4-15)20-18-9-5-16(6-10-18)14-21-11-1-2-12-21/h3-10,19-20,22H,1-2,11-14H2. The summed E-state index contributed by atoms with van der Waals surface area (Å²) in [5.41, 5.74) is 6.73. The van der Waals surface area contributed by atoms with Crippen molar-refractivity contribution in [3.63, 3.8) is 0 Å². The Morgan fingerprint density at radius 1 is 0.818 bits per heavy atom. The molecule has 0 radical (unpaired) electrons. The van der Waals surface area contributed by atoms with Crippen molar-refractivity contribution in [3.05, 3.63) is 59.7 Å². The smallest absolute Gasteiger partial charge is 0.0458 e. The maximum absolute atomic E-state index is 8.68. The van der Waals surface area contributed by atoms with Gasteiger partial charge >= 0.3 is 0 Å². The van der Waals surface area contributed by atoms with E-state index in [1.165, 1.54) is 31.5 Å². The minimum absolute atomic E-state index is 0.464. The SMILES string of the molecule is ONCc1ccc(Nc2ccc(CN3CCCC3)cc2)cc1. The van der Waals surface area contributed by atoms with Crippen molar-refractivity contribution < 1.29 is 5.21 Å². The number of likely N-dealkylation sites (tertiary alicyclic amines) is 1. The van der Waals surface area contributed by atoms with Crippen LogP contribution in [0.3, 0.4) is 0 Å². The van der Waals surface area contributed by atoms with E-state index in [4.69, 9.17) is 5.21 Å². The number of nitrogens with zero attached hydrogens (tertiary/aromatic N) is 1. The van der Waals surface area contributed by atoms with Crippen molar-refractivity contribution in [2.75, 3.05) is 18.4 Å². The molecule has 1 aliphatic rings. The zero-order valence-electron chi connectivity index (χ0n) is 12.8. The van der Waals surface area contributed by atoms with Gasteiger partial charge in [0.25, 0.3) is 0 Å². The third-order valence-electron chi connectivity index (χ3n) is 4.08. The van der Waals surface area contributed by atoms with E-state index in [1.54, 1.807) is 0 Å². The van der Waals surface area contributed by atoms with E-state index in [0.717, 1.165) is 23.5 Å². The summed E-state index contributed by atoms with van der Waals surface area (Å²) in [5.74, 6) is 0. The van der Waals surface area contributed by atoms with Gasteiger partial charge in [0, 0.05) is 24.5 Å². The van der Waals surface area contributed by atoms with E-state index in [1.807, 2.05) is 24.3 Å². The van der Waals surface area contributed by atoms with Crippen LogP contribution in [0.5, 0.6) is 0 Å². The van der Waals surface area contributed by atoms with Crippen LogP contribution in [0.25, 0.3) is 0 Å². The lowest BCUT2D eigenvalue weighted by Crippen LogP contribution is -2.18. The zero-order chi connectivity index (χ0) is 15.2. The Morgan fingerprint density at radius 2 is 1.36 bits per heavy atom. The fraction of sp³-hybridized carbons (Fsp3) is 0.333. The number of benzene rings is 2. The molecule has 3 rings (SSSR count). The second-order valence-corrected chi connectivity index (χ2v) is 5.84. The Labute approximate surface area is 131 Å². The van der Waals surface area contributed by atoms with Crippen molar-refractivity contribution in [2.24, 2.45) is 0 Å². The maximum atomic E-state index is 8.68. The van der Waals surface area contributed by atoms with Crippen LogP contribution in [-0.4, -0.2) is 23.2 Å². The minimum atomic E-state index is 0.464. The predicted octanol–water partition coefficient (Wildman–Crippen LogP) is 3.50. The molecule has 4 nitrogen and oxygen atoms in total. The van der Waals surface area contributed by atoms with Crippen LogP contribution in [-0.2, 0) is 13.1 Å². The molecule has 1 heterocycles. The summed E-state index contributed by atoms with van der Waals surface area (Å²) in [4.78, 5) is 2.51. The van der Waals surface area contributed by atoms with Gasteiger partial charge in [-0.2, -0.15) is 0 Å². The molecule has 0 spiro atoms. The summed E-state index contributed by atoms with van der Waals surface area (Å²) >= 11 is 0. The van der Waals surface area contributed by atoms with Crippen LogP contribution in [0, 0.1) is 0 Å². The minimum Gasteiger partial charge on any atom is -0.356 e. The van der Waals surface area contributed by atoms with Crippen LogP contribution < -0.4 is 10.8 Å².